The molecule has 0 aliphatic heterocycles. The van der Waals surface area contributed by atoms with Crippen LogP contribution in [0, 0.1) is 11.8 Å². The third-order valence-electron chi connectivity index (χ3n) is 4.23. The largest absolute Gasteiger partial charge is 0.389 e. The van der Waals surface area contributed by atoms with Gasteiger partial charge < -0.3 is 15.9 Å². The molecule has 0 heterocycles. The lowest BCUT2D eigenvalue weighted by Crippen LogP contribution is -2.49. The van der Waals surface area contributed by atoms with Crippen molar-refractivity contribution in [3.8, 4) is 0 Å². The summed E-state index contributed by atoms with van der Waals surface area (Å²) in [5, 5.41) is 20.0. The van der Waals surface area contributed by atoms with Gasteiger partial charge in [-0.3, -0.25) is 0 Å². The Kier molecular flexibility index (Phi) is 8.27. The van der Waals surface area contributed by atoms with Gasteiger partial charge in [0, 0.05) is 12.6 Å². The lowest BCUT2D eigenvalue weighted by atomic mass is 9.83. The van der Waals surface area contributed by atoms with Crippen molar-refractivity contribution >= 4 is 10.0 Å². The SMILES string of the molecule is CC(C)CS(=O)(=O)NC[C@H](O)[C@H](O)[C@@H](N)CC1CCCCC1. The van der Waals surface area contributed by atoms with E-state index in [1.165, 1.54) is 19.3 Å². The van der Waals surface area contributed by atoms with E-state index < -0.39 is 28.3 Å². The average molecular weight is 336 g/mol. The molecule has 0 aromatic heterocycles. The van der Waals surface area contributed by atoms with E-state index in [0.29, 0.717) is 12.3 Å². The maximum absolute atomic E-state index is 11.7. The quantitative estimate of drug-likeness (QED) is 0.492. The number of nitrogens with two attached hydrogens (primary N) is 1. The minimum Gasteiger partial charge on any atom is -0.389 e. The molecule has 1 saturated carbocycles. The minimum absolute atomic E-state index is 0.00391. The molecule has 0 unspecified atom stereocenters. The number of hydrogen-bond acceptors (Lipinski definition) is 5. The molecule has 7 heteroatoms. The van der Waals surface area contributed by atoms with Gasteiger partial charge in [0.05, 0.1) is 18.0 Å². The second-order valence-electron chi connectivity index (χ2n) is 6.99. The molecule has 1 aliphatic rings. The van der Waals surface area contributed by atoms with Crippen LogP contribution in [-0.4, -0.2) is 49.2 Å². The van der Waals surface area contributed by atoms with E-state index >= 15 is 0 Å². The summed E-state index contributed by atoms with van der Waals surface area (Å²) in [6, 6.07) is -0.521. The first kappa shape index (κ1) is 19.8. The van der Waals surface area contributed by atoms with Crippen LogP contribution in [0.2, 0.25) is 0 Å². The molecule has 1 aliphatic carbocycles. The molecule has 0 bridgehead atoms. The Morgan fingerprint density at radius 1 is 1.18 bits per heavy atom. The summed E-state index contributed by atoms with van der Waals surface area (Å²) in [6.45, 7) is 3.42. The first-order valence-corrected chi connectivity index (χ1v) is 9.95. The van der Waals surface area contributed by atoms with Gasteiger partial charge in [-0.15, -0.1) is 0 Å². The van der Waals surface area contributed by atoms with Crippen LogP contribution < -0.4 is 10.5 Å². The predicted octanol–water partition coefficient (Wildman–Crippen LogP) is 0.581. The van der Waals surface area contributed by atoms with Crippen LogP contribution in [0.5, 0.6) is 0 Å². The molecule has 5 N–H and O–H groups in total. The minimum atomic E-state index is -3.42. The van der Waals surface area contributed by atoms with Gasteiger partial charge in [-0.2, -0.15) is 0 Å². The van der Waals surface area contributed by atoms with Crippen molar-refractivity contribution in [3.63, 3.8) is 0 Å². The van der Waals surface area contributed by atoms with Gasteiger partial charge in [-0.25, -0.2) is 13.1 Å². The molecule has 0 amide bonds. The van der Waals surface area contributed by atoms with Crippen molar-refractivity contribution in [2.45, 2.75) is 70.6 Å². The zero-order valence-electron chi connectivity index (χ0n) is 13.7. The number of hydrogen-bond donors (Lipinski definition) is 4. The Bertz CT molecular complexity index is 408. The van der Waals surface area contributed by atoms with Crippen molar-refractivity contribution in [3.05, 3.63) is 0 Å². The molecular formula is C15H32N2O4S. The lowest BCUT2D eigenvalue weighted by molar-refractivity contribution is 0.00193. The molecule has 0 spiro atoms. The highest BCUT2D eigenvalue weighted by atomic mass is 32.2. The molecule has 6 nitrogen and oxygen atoms in total. The number of aliphatic hydroxyl groups excluding tert-OH is 2. The standard InChI is InChI=1S/C15H32N2O4S/c1-11(2)10-22(20,21)17-9-14(18)15(19)13(16)8-12-6-4-3-5-7-12/h11-15,17-19H,3-10,16H2,1-2H3/t13-,14-,15+/m0/s1. The smallest absolute Gasteiger partial charge is 0.211 e. The van der Waals surface area contributed by atoms with Gasteiger partial charge in [0.25, 0.3) is 0 Å². The predicted molar refractivity (Wildman–Crippen MR) is 87.8 cm³/mol. The Balaban J connectivity index is 2.38. The Morgan fingerprint density at radius 2 is 1.77 bits per heavy atom. The Morgan fingerprint density at radius 3 is 2.32 bits per heavy atom. The Hall–Kier alpha value is -0.210. The van der Waals surface area contributed by atoms with Gasteiger partial charge in [0.2, 0.25) is 10.0 Å². The third-order valence-corrected chi connectivity index (χ3v) is 5.94. The Labute approximate surface area is 134 Å². The summed E-state index contributed by atoms with van der Waals surface area (Å²) in [7, 11) is -3.42. The fourth-order valence-corrected chi connectivity index (χ4v) is 4.48. The van der Waals surface area contributed by atoms with E-state index in [1.54, 1.807) is 0 Å². The van der Waals surface area contributed by atoms with Crippen LogP contribution in [0.1, 0.15) is 52.4 Å². The number of rotatable bonds is 9. The van der Waals surface area contributed by atoms with Crippen molar-refractivity contribution < 1.29 is 18.6 Å². The van der Waals surface area contributed by atoms with Gasteiger partial charge in [0.15, 0.2) is 0 Å². The van der Waals surface area contributed by atoms with Crippen molar-refractivity contribution in [2.75, 3.05) is 12.3 Å². The number of sulfonamides is 1. The molecule has 22 heavy (non-hydrogen) atoms. The summed E-state index contributed by atoms with van der Waals surface area (Å²) < 4.78 is 25.8. The molecule has 132 valence electrons. The van der Waals surface area contributed by atoms with E-state index in [2.05, 4.69) is 4.72 Å². The maximum Gasteiger partial charge on any atom is 0.211 e. The fourth-order valence-electron chi connectivity index (χ4n) is 3.06. The van der Waals surface area contributed by atoms with Crippen LogP contribution in [-0.2, 0) is 10.0 Å². The molecular weight excluding hydrogens is 304 g/mol. The van der Waals surface area contributed by atoms with Crippen LogP contribution in [0.4, 0.5) is 0 Å². The highest BCUT2D eigenvalue weighted by molar-refractivity contribution is 7.89. The molecule has 3 atom stereocenters. The van der Waals surface area contributed by atoms with E-state index in [9.17, 15) is 18.6 Å². The topological polar surface area (TPSA) is 113 Å². The highest BCUT2D eigenvalue weighted by Crippen LogP contribution is 2.27. The zero-order chi connectivity index (χ0) is 16.8. The summed E-state index contributed by atoms with van der Waals surface area (Å²) in [4.78, 5) is 0. The second kappa shape index (κ2) is 9.17. The van der Waals surface area contributed by atoms with Crippen molar-refractivity contribution in [1.29, 1.82) is 0 Å². The van der Waals surface area contributed by atoms with Crippen LogP contribution in [0.15, 0.2) is 0 Å². The van der Waals surface area contributed by atoms with Crippen molar-refractivity contribution in [2.24, 2.45) is 17.6 Å². The monoisotopic (exact) mass is 336 g/mol. The number of aliphatic hydroxyl groups is 2. The first-order chi connectivity index (χ1) is 10.2. The molecule has 0 aromatic rings. The van der Waals surface area contributed by atoms with E-state index in [-0.39, 0.29) is 18.2 Å². The molecule has 1 fully saturated rings. The van der Waals surface area contributed by atoms with Crippen LogP contribution >= 0.6 is 0 Å². The van der Waals surface area contributed by atoms with Gasteiger partial charge in [0.1, 0.15) is 0 Å². The van der Waals surface area contributed by atoms with Crippen LogP contribution in [0.25, 0.3) is 0 Å². The van der Waals surface area contributed by atoms with Gasteiger partial charge >= 0.3 is 0 Å². The molecule has 0 aromatic carbocycles. The second-order valence-corrected chi connectivity index (χ2v) is 8.84. The summed E-state index contributed by atoms with van der Waals surface area (Å²) in [5.41, 5.74) is 5.98. The molecule has 0 radical (unpaired) electrons. The highest BCUT2D eigenvalue weighted by Gasteiger charge is 2.27. The summed E-state index contributed by atoms with van der Waals surface area (Å²) >= 11 is 0. The summed E-state index contributed by atoms with van der Waals surface area (Å²) in [6.07, 6.45) is 4.29. The summed E-state index contributed by atoms with van der Waals surface area (Å²) in [5.74, 6) is 0.514. The normalized spacial score (nSPS) is 21.7. The zero-order valence-corrected chi connectivity index (χ0v) is 14.6. The fraction of sp³-hybridized carbons (Fsp3) is 1.00. The molecule has 0 saturated heterocycles. The van der Waals surface area contributed by atoms with E-state index in [1.807, 2.05) is 13.8 Å². The maximum atomic E-state index is 11.7. The van der Waals surface area contributed by atoms with Crippen LogP contribution in [0.3, 0.4) is 0 Å². The van der Waals surface area contributed by atoms with Crippen molar-refractivity contribution in [1.82, 2.24) is 4.72 Å². The van der Waals surface area contributed by atoms with Gasteiger partial charge in [-0.05, 0) is 18.3 Å². The van der Waals surface area contributed by atoms with Gasteiger partial charge in [-0.1, -0.05) is 46.0 Å². The number of nitrogens with one attached hydrogen (secondary N) is 1. The third kappa shape index (κ3) is 7.37. The van der Waals surface area contributed by atoms with E-state index in [0.717, 1.165) is 12.8 Å². The lowest BCUT2D eigenvalue weighted by Gasteiger charge is -2.29. The molecule has 1 rings (SSSR count). The van der Waals surface area contributed by atoms with E-state index in [4.69, 9.17) is 5.73 Å². The first-order valence-electron chi connectivity index (χ1n) is 8.30. The average Bonchev–Trinajstić information content (AvgIpc) is 2.43.